The van der Waals surface area contributed by atoms with Gasteiger partial charge in [0.15, 0.2) is 0 Å². The number of phenols is 3. The number of likely N-dealkylation sites (tertiary alicyclic amines) is 3. The Labute approximate surface area is 772 Å². The molecule has 132 heavy (non-hydrogen) atoms. The van der Waals surface area contributed by atoms with Crippen molar-refractivity contribution in [2.45, 2.75) is 202 Å². The Balaban J connectivity index is 0.000000130. The van der Waals surface area contributed by atoms with E-state index in [9.17, 15) is 46.9 Å². The summed E-state index contributed by atoms with van der Waals surface area (Å²) in [6.45, 7) is 30.3. The number of ether oxygens (including phenoxy) is 3. The number of rotatable bonds is 19. The molecule has 0 aliphatic carbocycles. The highest BCUT2D eigenvalue weighted by Crippen LogP contribution is 2.44. The van der Waals surface area contributed by atoms with Gasteiger partial charge < -0.3 is 72.4 Å². The highest BCUT2D eigenvalue weighted by Gasteiger charge is 2.33. The molecule has 0 spiro atoms. The number of nitrogens with one attached hydrogen (secondary N) is 1. The number of halogens is 5. The second-order valence-corrected chi connectivity index (χ2v) is 36.1. The zero-order chi connectivity index (χ0) is 93.1. The van der Waals surface area contributed by atoms with E-state index >= 15 is 0 Å². The van der Waals surface area contributed by atoms with E-state index in [0.717, 1.165) is 219 Å². The number of benzene rings is 9. The van der Waals surface area contributed by atoms with Gasteiger partial charge in [0.25, 0.3) is 0 Å². The molecule has 10 heterocycles. The van der Waals surface area contributed by atoms with Crippen LogP contribution in [0.5, 0.6) is 28.7 Å². The third-order valence-corrected chi connectivity index (χ3v) is 25.5. The maximum Gasteiger partial charge on any atom is 0.410 e. The summed E-state index contributed by atoms with van der Waals surface area (Å²) in [5.74, 6) is 0.815. The molecule has 9 aromatic carbocycles. The Morgan fingerprint density at radius 2 is 0.894 bits per heavy atom. The SMILES string of the molecule is CCn1cc(C2=CN(Cc3ccccc3)CCC2)c2c(OCc3ccccc3)cc(F)cc21.CCn1cc(C2CCCN(C(=O)OC(C)(C)C)C2)c2c(O)cc(F)cc21.CCn1cc(C2CCCN(C)C2)c2c(O)cc(F)cc21.CCn1cc(C2CCCNC2)c2c(O)cc(F)cc21.CCn1ccc2c(OCc3ccccc3)cc(F)cc21.O=C1CCCN(Cc2ccccc2)C1. The van der Waals surface area contributed by atoms with Gasteiger partial charge in [0, 0.05) is 191 Å². The molecule has 696 valence electrons. The first-order chi connectivity index (χ1) is 63.8. The molecular formula is C109H127F5N10O8. The Kier molecular flexibility index (Phi) is 32.5. The van der Waals surface area contributed by atoms with Gasteiger partial charge in [-0.1, -0.05) is 121 Å². The first-order valence-electron chi connectivity index (χ1n) is 46.9. The largest absolute Gasteiger partial charge is 0.507 e. The molecule has 4 saturated heterocycles. The summed E-state index contributed by atoms with van der Waals surface area (Å²) in [5.41, 5.74) is 13.9. The lowest BCUT2D eigenvalue weighted by atomic mass is 9.90. The second-order valence-electron chi connectivity index (χ2n) is 36.1. The van der Waals surface area contributed by atoms with Crippen molar-refractivity contribution in [2.24, 2.45) is 0 Å². The molecule has 5 aromatic heterocycles. The van der Waals surface area contributed by atoms with Crippen LogP contribution in [-0.2, 0) is 68.6 Å². The van der Waals surface area contributed by atoms with Gasteiger partial charge in [0.2, 0.25) is 0 Å². The molecule has 3 atom stereocenters. The highest BCUT2D eigenvalue weighted by atomic mass is 19.1. The summed E-state index contributed by atoms with van der Waals surface area (Å²) >= 11 is 0. The summed E-state index contributed by atoms with van der Waals surface area (Å²) in [5, 5.41) is 38.3. The van der Waals surface area contributed by atoms with Crippen molar-refractivity contribution >= 4 is 72.0 Å². The van der Waals surface area contributed by atoms with E-state index in [4.69, 9.17) is 14.2 Å². The van der Waals surface area contributed by atoms with E-state index in [-0.39, 0.29) is 52.5 Å². The summed E-state index contributed by atoms with van der Waals surface area (Å²) in [6, 6.07) is 57.0. The normalized spacial score (nSPS) is 16.7. The average molecular weight is 1800 g/mol. The number of amides is 1. The van der Waals surface area contributed by atoms with E-state index < -0.39 is 11.4 Å². The zero-order valence-electron chi connectivity index (χ0n) is 77.7. The number of nitrogens with zero attached hydrogens (tertiary/aromatic N) is 9. The van der Waals surface area contributed by atoms with Crippen molar-refractivity contribution in [1.29, 1.82) is 0 Å². The van der Waals surface area contributed by atoms with Gasteiger partial charge in [0.05, 0.1) is 34.1 Å². The third kappa shape index (κ3) is 24.1. The van der Waals surface area contributed by atoms with Crippen LogP contribution >= 0.6 is 0 Å². The fourth-order valence-corrected chi connectivity index (χ4v) is 19.1. The predicted octanol–water partition coefficient (Wildman–Crippen LogP) is 24.2. The molecule has 4 N–H and O–H groups in total. The molecule has 0 radical (unpaired) electrons. The summed E-state index contributed by atoms with van der Waals surface area (Å²) < 4.78 is 96.7. The highest BCUT2D eigenvalue weighted by molar-refractivity contribution is 5.98. The van der Waals surface area contributed by atoms with Crippen LogP contribution in [0.1, 0.15) is 182 Å². The van der Waals surface area contributed by atoms with Crippen molar-refractivity contribution in [2.75, 3.05) is 66.0 Å². The number of hydrogen-bond donors (Lipinski definition) is 4. The number of Topliss-reactive ketones (excluding diaryl/α,β-unsaturated/α-hetero) is 1. The quantitative estimate of drug-likeness (QED) is 0.0566. The van der Waals surface area contributed by atoms with Crippen LogP contribution in [0.4, 0.5) is 26.7 Å². The van der Waals surface area contributed by atoms with Crippen LogP contribution in [0.25, 0.3) is 60.1 Å². The van der Waals surface area contributed by atoms with Crippen molar-refractivity contribution in [1.82, 2.24) is 47.8 Å². The topological polar surface area (TPSA) is 172 Å². The van der Waals surface area contributed by atoms with Crippen LogP contribution in [0.3, 0.4) is 0 Å². The smallest absolute Gasteiger partial charge is 0.410 e. The molecular weight excluding hydrogens is 1670 g/mol. The monoisotopic (exact) mass is 1800 g/mol. The lowest BCUT2D eigenvalue weighted by Crippen LogP contribution is -2.42. The first-order valence-corrected chi connectivity index (χ1v) is 46.9. The molecule has 4 fully saturated rings. The van der Waals surface area contributed by atoms with Crippen LogP contribution < -0.4 is 14.8 Å². The van der Waals surface area contributed by atoms with E-state index in [0.29, 0.717) is 79.4 Å². The molecule has 0 saturated carbocycles. The molecule has 1 amide bonds. The molecule has 5 aliphatic heterocycles. The molecule has 5 aliphatic rings. The number of phenolic OH excluding ortho intramolecular Hbond substituents is 3. The van der Waals surface area contributed by atoms with Crippen molar-refractivity contribution in [3.05, 3.63) is 299 Å². The van der Waals surface area contributed by atoms with Gasteiger partial charge in [-0.3, -0.25) is 9.69 Å². The lowest BCUT2D eigenvalue weighted by molar-refractivity contribution is -0.122. The van der Waals surface area contributed by atoms with Gasteiger partial charge in [-0.15, -0.1) is 0 Å². The van der Waals surface area contributed by atoms with Crippen LogP contribution in [0, 0.1) is 29.1 Å². The maximum atomic E-state index is 14.6. The van der Waals surface area contributed by atoms with E-state index in [1.807, 2.05) is 164 Å². The van der Waals surface area contributed by atoms with Gasteiger partial charge in [-0.25, -0.2) is 26.7 Å². The van der Waals surface area contributed by atoms with E-state index in [1.165, 1.54) is 65.6 Å². The maximum absolute atomic E-state index is 14.6. The van der Waals surface area contributed by atoms with Crippen LogP contribution in [0.2, 0.25) is 0 Å². The number of aromatic hydroxyl groups is 3. The number of ketones is 1. The minimum Gasteiger partial charge on any atom is -0.507 e. The molecule has 0 bridgehead atoms. The van der Waals surface area contributed by atoms with Crippen LogP contribution in [0.15, 0.2) is 225 Å². The molecule has 19 rings (SSSR count). The van der Waals surface area contributed by atoms with E-state index in [2.05, 4.69) is 106 Å². The fourth-order valence-electron chi connectivity index (χ4n) is 19.1. The lowest BCUT2D eigenvalue weighted by Gasteiger charge is -2.34. The minimum atomic E-state index is -0.530. The number of likely N-dealkylation sites (N-methyl/N-ethyl adjacent to an activating group) is 1. The second kappa shape index (κ2) is 44.7. The van der Waals surface area contributed by atoms with E-state index in [1.54, 1.807) is 17.0 Å². The summed E-state index contributed by atoms with van der Waals surface area (Å²) in [6.07, 6.45) is 22.5. The average Bonchev–Trinajstić information content (AvgIpc) is 1.61. The number of aromatic nitrogens is 5. The standard InChI is InChI=1S/C29H29FN2O.C20H27FN2O3.C17H16FNO.C16H21FN2O.C15H19FN2O.C12H15NO/c1-2-32-20-26(24-14-9-15-31(19-24)18-22-10-5-3-6-11-22)29-27(32)16-25(30)17-28(29)33-21-23-12-7-4-8-13-23;1-5-22-12-15(18-16(22)9-14(21)10-17(18)24)13-7-6-8-23(11-13)19(25)26-20(2,3)4;1-2-19-9-8-15-16(19)10-14(18)11-17(15)20-12-13-6-4-3-5-7-13;1-3-19-10-13(11-5-4-6-18(2)9-11)16-14(19)7-12(17)8-15(16)20;1-2-18-9-12(10-4-3-5-17-8-10)15-13(18)6-11(16)7-14(15)19;14-12-7-4-8-13(10-12)9-11-5-2-1-3-6-11/h3-8,10-13,16-17,19-20H,2,9,14-15,18,21H2,1H3;9-10,12-13,24H,5-8,11H2,1-4H3;3-11H,2,12H2,1H3;7-8,10-11,20H,3-6,9H2,1-2H3;6-7,9-10,17,19H,2-5,8H2,1H3;1-3,5-6H,4,7-10H2. The molecule has 14 aromatic rings. The number of piperidine rings is 4. The van der Waals surface area contributed by atoms with Crippen molar-refractivity contribution in [3.8, 4) is 28.7 Å². The van der Waals surface area contributed by atoms with Gasteiger partial charge >= 0.3 is 6.09 Å². The Morgan fingerprint density at radius 3 is 1.39 bits per heavy atom. The summed E-state index contributed by atoms with van der Waals surface area (Å²) in [4.78, 5) is 32.3. The minimum absolute atomic E-state index is 0.0448. The molecule has 3 unspecified atom stereocenters. The van der Waals surface area contributed by atoms with Crippen molar-refractivity contribution < 1.29 is 61.1 Å². The number of carbonyl (C=O) groups excluding carboxylic acids is 2. The third-order valence-electron chi connectivity index (χ3n) is 25.5. The number of carbonyl (C=O) groups is 2. The number of allylic oxidation sites excluding steroid dienone is 1. The van der Waals surface area contributed by atoms with Gasteiger partial charge in [-0.2, -0.15) is 0 Å². The summed E-state index contributed by atoms with van der Waals surface area (Å²) in [7, 11) is 2.13. The Morgan fingerprint density at radius 1 is 0.455 bits per heavy atom. The Bertz CT molecular complexity index is 6230. The van der Waals surface area contributed by atoms with Crippen LogP contribution in [-0.4, -0.2) is 141 Å². The van der Waals surface area contributed by atoms with Gasteiger partial charge in [0.1, 0.15) is 82.4 Å². The Hall–Kier alpha value is -12.3. The fraction of sp³-hybridized carbons (Fsp3) is 0.376. The number of aryl methyl sites for hydroxylation is 5. The molecule has 23 heteroatoms. The number of fused-ring (bicyclic) bond motifs is 5. The number of hydrogen-bond acceptors (Lipinski definition) is 12. The van der Waals surface area contributed by atoms with Gasteiger partial charge in [-0.05, 0) is 233 Å². The predicted molar refractivity (Wildman–Crippen MR) is 519 cm³/mol. The van der Waals surface area contributed by atoms with Crippen molar-refractivity contribution in [3.63, 3.8) is 0 Å². The zero-order valence-corrected chi connectivity index (χ0v) is 77.7. The molecule has 18 nitrogen and oxygen atoms in total. The first kappa shape index (κ1) is 95.8.